The van der Waals surface area contributed by atoms with Crippen LogP contribution in [0.2, 0.25) is 0 Å². The molecule has 4 rings (SSSR count). The van der Waals surface area contributed by atoms with Crippen molar-refractivity contribution in [3.63, 3.8) is 0 Å². The van der Waals surface area contributed by atoms with Gasteiger partial charge in [-0.1, -0.05) is 19.1 Å². The monoisotopic (exact) mass is 377 g/mol. The molecule has 0 saturated carbocycles. The second-order valence-electron chi connectivity index (χ2n) is 5.51. The summed E-state index contributed by atoms with van der Waals surface area (Å²) in [4.78, 5) is 0.182. The van der Waals surface area contributed by atoms with E-state index in [2.05, 4.69) is 8.75 Å². The van der Waals surface area contributed by atoms with Gasteiger partial charge in [-0.2, -0.15) is 13.1 Å². The molecule has 0 atom stereocenters. The molecule has 130 valence electrons. The molecule has 0 unspecified atom stereocenters. The van der Waals surface area contributed by atoms with Crippen LogP contribution in [0.1, 0.15) is 12.5 Å². The van der Waals surface area contributed by atoms with E-state index in [-0.39, 0.29) is 18.2 Å². The van der Waals surface area contributed by atoms with Crippen molar-refractivity contribution in [2.75, 3.05) is 13.3 Å². The van der Waals surface area contributed by atoms with Crippen LogP contribution in [0.5, 0.6) is 11.5 Å². The van der Waals surface area contributed by atoms with Gasteiger partial charge in [0.2, 0.25) is 16.8 Å². The zero-order chi connectivity index (χ0) is 17.4. The van der Waals surface area contributed by atoms with Crippen LogP contribution in [0.3, 0.4) is 0 Å². The first-order valence-corrected chi connectivity index (χ1v) is 9.86. The minimum absolute atomic E-state index is 0.182. The van der Waals surface area contributed by atoms with Crippen LogP contribution in [0.4, 0.5) is 0 Å². The number of ether oxygens (including phenoxy) is 2. The van der Waals surface area contributed by atoms with Crippen LogP contribution < -0.4 is 9.47 Å². The second kappa shape index (κ2) is 6.25. The first-order valence-electron chi connectivity index (χ1n) is 7.69. The van der Waals surface area contributed by atoms with Crippen LogP contribution in [0.15, 0.2) is 41.3 Å². The summed E-state index contributed by atoms with van der Waals surface area (Å²) in [5, 5.41) is 0. The molecule has 2 aromatic carbocycles. The largest absolute Gasteiger partial charge is 0.454 e. The number of nitrogens with zero attached hydrogens (tertiary/aromatic N) is 3. The predicted octanol–water partition coefficient (Wildman–Crippen LogP) is 2.63. The summed E-state index contributed by atoms with van der Waals surface area (Å²) in [6, 6.07) is 10.5. The van der Waals surface area contributed by atoms with E-state index < -0.39 is 10.0 Å². The normalized spacial score (nSPS) is 13.7. The topological polar surface area (TPSA) is 81.6 Å². The van der Waals surface area contributed by atoms with Crippen molar-refractivity contribution >= 4 is 32.8 Å². The molecule has 0 fully saturated rings. The van der Waals surface area contributed by atoms with Gasteiger partial charge in [0.1, 0.15) is 15.9 Å². The van der Waals surface area contributed by atoms with Crippen LogP contribution in [0.25, 0.3) is 11.0 Å². The van der Waals surface area contributed by atoms with Crippen LogP contribution >= 0.6 is 11.7 Å². The summed E-state index contributed by atoms with van der Waals surface area (Å²) >= 11 is 1.01. The number of hydrogen-bond acceptors (Lipinski definition) is 7. The molecule has 0 bridgehead atoms. The molecule has 2 heterocycles. The number of fused-ring (bicyclic) bond motifs is 2. The molecule has 3 aromatic rings. The Labute approximate surface area is 149 Å². The Hall–Kier alpha value is -2.23. The minimum atomic E-state index is -3.69. The summed E-state index contributed by atoms with van der Waals surface area (Å²) in [5.41, 5.74) is 1.83. The molecule has 0 radical (unpaired) electrons. The van der Waals surface area contributed by atoms with Gasteiger partial charge in [-0.05, 0) is 29.8 Å². The molecule has 7 nitrogen and oxygen atoms in total. The van der Waals surface area contributed by atoms with Crippen LogP contribution in [0, 0.1) is 0 Å². The number of sulfonamides is 1. The Kier molecular flexibility index (Phi) is 4.06. The number of benzene rings is 2. The van der Waals surface area contributed by atoms with E-state index in [9.17, 15) is 8.42 Å². The van der Waals surface area contributed by atoms with E-state index in [0.717, 1.165) is 17.3 Å². The van der Waals surface area contributed by atoms with Gasteiger partial charge < -0.3 is 9.47 Å². The molecule has 25 heavy (non-hydrogen) atoms. The number of rotatable bonds is 5. The van der Waals surface area contributed by atoms with Gasteiger partial charge in [0.15, 0.2) is 11.5 Å². The fourth-order valence-corrected chi connectivity index (χ4v) is 4.93. The molecule has 1 aliphatic heterocycles. The van der Waals surface area contributed by atoms with Gasteiger partial charge in [0, 0.05) is 13.1 Å². The van der Waals surface area contributed by atoms with E-state index in [1.165, 1.54) is 4.31 Å². The van der Waals surface area contributed by atoms with E-state index >= 15 is 0 Å². The van der Waals surface area contributed by atoms with E-state index in [0.29, 0.717) is 29.1 Å². The van der Waals surface area contributed by atoms with Gasteiger partial charge in [0.25, 0.3) is 0 Å². The molecule has 9 heteroatoms. The van der Waals surface area contributed by atoms with Crippen molar-refractivity contribution in [1.29, 1.82) is 0 Å². The maximum absolute atomic E-state index is 13.1. The van der Waals surface area contributed by atoms with Gasteiger partial charge in [-0.15, -0.1) is 0 Å². The molecule has 1 aliphatic rings. The van der Waals surface area contributed by atoms with Crippen molar-refractivity contribution in [3.05, 3.63) is 42.0 Å². The average molecular weight is 377 g/mol. The minimum Gasteiger partial charge on any atom is -0.454 e. The highest BCUT2D eigenvalue weighted by atomic mass is 32.2. The van der Waals surface area contributed by atoms with Gasteiger partial charge in [-0.25, -0.2) is 8.42 Å². The smallest absolute Gasteiger partial charge is 0.245 e. The molecular formula is C16H15N3O4S2. The van der Waals surface area contributed by atoms with Gasteiger partial charge >= 0.3 is 0 Å². The van der Waals surface area contributed by atoms with Crippen molar-refractivity contribution < 1.29 is 17.9 Å². The van der Waals surface area contributed by atoms with Crippen molar-refractivity contribution in [3.8, 4) is 11.5 Å². The SMILES string of the molecule is CCN(Cc1ccc2c(c1)OCO2)S(=O)(=O)c1cccc2nsnc12. The zero-order valence-corrected chi connectivity index (χ0v) is 15.0. The Bertz CT molecular complexity index is 1030. The number of aromatic nitrogens is 2. The van der Waals surface area contributed by atoms with Gasteiger partial charge in [-0.3, -0.25) is 0 Å². The maximum atomic E-state index is 13.1. The lowest BCUT2D eigenvalue weighted by Gasteiger charge is -2.21. The molecule has 0 aliphatic carbocycles. The lowest BCUT2D eigenvalue weighted by atomic mass is 10.2. The summed E-state index contributed by atoms with van der Waals surface area (Å²) in [6.45, 7) is 2.57. The molecule has 0 spiro atoms. The third kappa shape index (κ3) is 2.84. The highest BCUT2D eigenvalue weighted by Crippen LogP contribution is 2.33. The molecule has 1 aromatic heterocycles. The fourth-order valence-electron chi connectivity index (χ4n) is 2.74. The third-order valence-corrected chi connectivity index (χ3v) is 6.51. The van der Waals surface area contributed by atoms with Crippen molar-refractivity contribution in [2.45, 2.75) is 18.4 Å². The Balaban J connectivity index is 1.69. The summed E-state index contributed by atoms with van der Waals surface area (Å²) in [7, 11) is -3.69. The second-order valence-corrected chi connectivity index (χ2v) is 7.94. The molecule has 0 amide bonds. The summed E-state index contributed by atoms with van der Waals surface area (Å²) < 4.78 is 46.6. The summed E-state index contributed by atoms with van der Waals surface area (Å²) in [6.07, 6.45) is 0. The Morgan fingerprint density at radius 2 is 2.00 bits per heavy atom. The first kappa shape index (κ1) is 16.2. The van der Waals surface area contributed by atoms with E-state index in [1.807, 2.05) is 19.1 Å². The van der Waals surface area contributed by atoms with Crippen LogP contribution in [-0.4, -0.2) is 34.8 Å². The van der Waals surface area contributed by atoms with Crippen LogP contribution in [-0.2, 0) is 16.6 Å². The Morgan fingerprint density at radius 1 is 1.16 bits per heavy atom. The highest BCUT2D eigenvalue weighted by Gasteiger charge is 2.27. The fraction of sp³-hybridized carbons (Fsp3) is 0.250. The lowest BCUT2D eigenvalue weighted by molar-refractivity contribution is 0.174. The standard InChI is InChI=1S/C16H15N3O4S2/c1-2-19(9-11-6-7-13-14(8-11)23-10-22-13)25(20,21)15-5-3-4-12-16(15)18-24-17-12/h3-8H,2,9-10H2,1H3. The molecule has 0 saturated heterocycles. The van der Waals surface area contributed by atoms with E-state index in [4.69, 9.17) is 9.47 Å². The maximum Gasteiger partial charge on any atom is 0.245 e. The zero-order valence-electron chi connectivity index (χ0n) is 13.4. The molecular weight excluding hydrogens is 362 g/mol. The van der Waals surface area contributed by atoms with Crippen molar-refractivity contribution in [1.82, 2.24) is 13.1 Å². The van der Waals surface area contributed by atoms with Crippen molar-refractivity contribution in [2.24, 2.45) is 0 Å². The third-order valence-electron chi connectivity index (χ3n) is 4.02. The first-order chi connectivity index (χ1) is 12.1. The van der Waals surface area contributed by atoms with Gasteiger partial charge in [0.05, 0.1) is 11.7 Å². The Morgan fingerprint density at radius 3 is 2.84 bits per heavy atom. The predicted molar refractivity (Wildman–Crippen MR) is 93.2 cm³/mol. The highest BCUT2D eigenvalue weighted by molar-refractivity contribution is 7.89. The number of hydrogen-bond donors (Lipinski definition) is 0. The summed E-state index contributed by atoms with van der Waals surface area (Å²) in [5.74, 6) is 1.31. The van der Waals surface area contributed by atoms with E-state index in [1.54, 1.807) is 24.3 Å². The average Bonchev–Trinajstić information content (AvgIpc) is 3.27. The lowest BCUT2D eigenvalue weighted by Crippen LogP contribution is -2.30. The quantitative estimate of drug-likeness (QED) is 0.680. The molecule has 0 N–H and O–H groups in total.